The minimum absolute atomic E-state index is 0.102. The van der Waals surface area contributed by atoms with Crippen molar-refractivity contribution in [2.45, 2.75) is 25.8 Å². The number of aromatic nitrogens is 1. The lowest BCUT2D eigenvalue weighted by Crippen LogP contribution is -2.45. The van der Waals surface area contributed by atoms with Crippen LogP contribution in [0.15, 0.2) is 18.3 Å². The van der Waals surface area contributed by atoms with Gasteiger partial charge in [-0.25, -0.2) is 4.98 Å². The van der Waals surface area contributed by atoms with Crippen LogP contribution in [-0.4, -0.2) is 23.4 Å². The molecule has 0 spiro atoms. The molecule has 0 saturated heterocycles. The van der Waals surface area contributed by atoms with Gasteiger partial charge in [-0.05, 0) is 27.0 Å². The number of pyridine rings is 1. The highest BCUT2D eigenvalue weighted by atomic mass is 16.1. The third-order valence-electron chi connectivity index (χ3n) is 2.60. The number of nitrogens with zero attached hydrogens (tertiary/aromatic N) is 1. The zero-order chi connectivity index (χ0) is 11.5. The molecule has 0 aliphatic rings. The van der Waals surface area contributed by atoms with Gasteiger partial charge in [0.05, 0.1) is 5.54 Å². The van der Waals surface area contributed by atoms with Gasteiger partial charge in [-0.15, -0.1) is 0 Å². The molecule has 4 heteroatoms. The molecular formula is C11H17N3O. The predicted octanol–water partition coefficient (Wildman–Crippen LogP) is 0.773. The van der Waals surface area contributed by atoms with Crippen LogP contribution in [0, 0.1) is 0 Å². The van der Waals surface area contributed by atoms with E-state index in [1.807, 2.05) is 19.9 Å². The molecule has 0 aliphatic carbocycles. The minimum atomic E-state index is -0.526. The van der Waals surface area contributed by atoms with E-state index < -0.39 is 5.54 Å². The quantitative estimate of drug-likeness (QED) is 0.765. The van der Waals surface area contributed by atoms with Crippen LogP contribution in [0.4, 0.5) is 5.82 Å². The molecule has 1 aromatic heterocycles. The molecular weight excluding hydrogens is 190 g/mol. The number of hydrogen-bond acceptors (Lipinski definition) is 4. The molecule has 1 aromatic rings. The highest BCUT2D eigenvalue weighted by Crippen LogP contribution is 2.13. The fourth-order valence-electron chi connectivity index (χ4n) is 1.13. The summed E-state index contributed by atoms with van der Waals surface area (Å²) in [7, 11) is 1.77. The molecule has 4 nitrogen and oxygen atoms in total. The highest BCUT2D eigenvalue weighted by Gasteiger charge is 2.25. The van der Waals surface area contributed by atoms with E-state index in [1.165, 1.54) is 0 Å². The average Bonchev–Trinajstić information content (AvgIpc) is 2.21. The van der Waals surface area contributed by atoms with Crippen LogP contribution in [0.25, 0.3) is 0 Å². The van der Waals surface area contributed by atoms with Crippen LogP contribution in [0.2, 0.25) is 0 Å². The van der Waals surface area contributed by atoms with Gasteiger partial charge in [0.15, 0.2) is 5.78 Å². The second-order valence-corrected chi connectivity index (χ2v) is 4.02. The van der Waals surface area contributed by atoms with E-state index in [0.29, 0.717) is 12.2 Å². The first-order valence-electron chi connectivity index (χ1n) is 4.89. The minimum Gasteiger partial charge on any atom is -0.383 e. The standard InChI is InChI=1S/C11H17N3O/c1-11(2,13-3)9(15)7-8-5-4-6-14-10(8)12/h4-6,13H,7H2,1-3H3,(H2,12,14). The van der Waals surface area contributed by atoms with Gasteiger partial charge in [0.25, 0.3) is 0 Å². The molecule has 3 N–H and O–H groups in total. The first-order chi connectivity index (χ1) is 6.97. The summed E-state index contributed by atoms with van der Waals surface area (Å²) in [5.41, 5.74) is 5.93. The molecule has 0 radical (unpaired) electrons. The van der Waals surface area contributed by atoms with E-state index in [1.54, 1.807) is 19.3 Å². The number of nitrogens with two attached hydrogens (primary N) is 1. The Balaban J connectivity index is 2.80. The Labute approximate surface area is 89.9 Å². The number of carbonyl (C=O) groups excluding carboxylic acids is 1. The van der Waals surface area contributed by atoms with E-state index in [0.717, 1.165) is 5.56 Å². The summed E-state index contributed by atoms with van der Waals surface area (Å²) < 4.78 is 0. The second-order valence-electron chi connectivity index (χ2n) is 4.02. The number of nitrogen functional groups attached to an aromatic ring is 1. The summed E-state index contributed by atoms with van der Waals surface area (Å²) in [4.78, 5) is 15.8. The molecule has 0 unspecified atom stereocenters. The van der Waals surface area contributed by atoms with Gasteiger partial charge in [-0.1, -0.05) is 6.07 Å². The zero-order valence-electron chi connectivity index (χ0n) is 9.37. The fourth-order valence-corrected chi connectivity index (χ4v) is 1.13. The molecule has 0 amide bonds. The van der Waals surface area contributed by atoms with Crippen LogP contribution in [0.5, 0.6) is 0 Å². The van der Waals surface area contributed by atoms with Crippen molar-refractivity contribution >= 4 is 11.6 Å². The maximum absolute atomic E-state index is 11.9. The average molecular weight is 207 g/mol. The lowest BCUT2D eigenvalue weighted by Gasteiger charge is -2.22. The summed E-state index contributed by atoms with van der Waals surface area (Å²) >= 11 is 0. The number of hydrogen-bond donors (Lipinski definition) is 2. The van der Waals surface area contributed by atoms with Crippen LogP contribution in [0.3, 0.4) is 0 Å². The number of nitrogens with one attached hydrogen (secondary N) is 1. The van der Waals surface area contributed by atoms with Crippen LogP contribution >= 0.6 is 0 Å². The first-order valence-corrected chi connectivity index (χ1v) is 4.89. The third-order valence-corrected chi connectivity index (χ3v) is 2.60. The Morgan fingerprint density at radius 1 is 1.60 bits per heavy atom. The maximum atomic E-state index is 11.9. The number of likely N-dealkylation sites (N-methyl/N-ethyl adjacent to an activating group) is 1. The van der Waals surface area contributed by atoms with Crippen LogP contribution in [0.1, 0.15) is 19.4 Å². The Morgan fingerprint density at radius 2 is 2.27 bits per heavy atom. The second kappa shape index (κ2) is 4.40. The molecule has 1 rings (SSSR count). The van der Waals surface area contributed by atoms with Gasteiger partial charge in [-0.2, -0.15) is 0 Å². The summed E-state index contributed by atoms with van der Waals surface area (Å²) in [6, 6.07) is 3.61. The Bertz CT molecular complexity index is 361. The Kier molecular flexibility index (Phi) is 3.42. The molecule has 0 aromatic carbocycles. The van der Waals surface area contributed by atoms with Crippen molar-refractivity contribution in [1.82, 2.24) is 10.3 Å². The molecule has 0 saturated carbocycles. The van der Waals surface area contributed by atoms with E-state index in [9.17, 15) is 4.79 Å². The van der Waals surface area contributed by atoms with Crippen molar-refractivity contribution < 1.29 is 4.79 Å². The van der Waals surface area contributed by atoms with Gasteiger partial charge >= 0.3 is 0 Å². The van der Waals surface area contributed by atoms with Gasteiger partial charge in [-0.3, -0.25) is 4.79 Å². The fraction of sp³-hybridized carbons (Fsp3) is 0.455. The molecule has 0 fully saturated rings. The molecule has 0 bridgehead atoms. The van der Waals surface area contributed by atoms with Gasteiger partial charge in [0.2, 0.25) is 0 Å². The lowest BCUT2D eigenvalue weighted by molar-refractivity contribution is -0.123. The van der Waals surface area contributed by atoms with Crippen molar-refractivity contribution in [3.63, 3.8) is 0 Å². The smallest absolute Gasteiger partial charge is 0.156 e. The molecule has 0 atom stereocenters. The largest absolute Gasteiger partial charge is 0.383 e. The summed E-state index contributed by atoms with van der Waals surface area (Å²) in [6.07, 6.45) is 1.93. The third kappa shape index (κ3) is 2.76. The number of anilines is 1. The van der Waals surface area contributed by atoms with Gasteiger partial charge in [0, 0.05) is 18.2 Å². The van der Waals surface area contributed by atoms with E-state index in [4.69, 9.17) is 5.73 Å². The zero-order valence-corrected chi connectivity index (χ0v) is 9.37. The normalized spacial score (nSPS) is 11.4. The topological polar surface area (TPSA) is 68.0 Å². The van der Waals surface area contributed by atoms with Crippen LogP contribution < -0.4 is 11.1 Å². The molecule has 82 valence electrons. The SMILES string of the molecule is CNC(C)(C)C(=O)Cc1cccnc1N. The van der Waals surface area contributed by atoms with Gasteiger partial charge in [0.1, 0.15) is 5.82 Å². The lowest BCUT2D eigenvalue weighted by atomic mass is 9.94. The van der Waals surface area contributed by atoms with Gasteiger partial charge < -0.3 is 11.1 Å². The Morgan fingerprint density at radius 3 is 2.80 bits per heavy atom. The monoisotopic (exact) mass is 207 g/mol. The Hall–Kier alpha value is -1.42. The number of rotatable bonds is 4. The molecule has 0 aliphatic heterocycles. The summed E-state index contributed by atoms with van der Waals surface area (Å²) in [5.74, 6) is 0.530. The van der Waals surface area contributed by atoms with Crippen LogP contribution in [-0.2, 0) is 11.2 Å². The highest BCUT2D eigenvalue weighted by molar-refractivity contribution is 5.90. The van der Waals surface area contributed by atoms with Crippen molar-refractivity contribution in [1.29, 1.82) is 0 Å². The molecule has 1 heterocycles. The number of Topliss-reactive ketones (excluding diaryl/α,β-unsaturated/α-hetero) is 1. The van der Waals surface area contributed by atoms with E-state index in [-0.39, 0.29) is 5.78 Å². The van der Waals surface area contributed by atoms with Crippen molar-refractivity contribution in [2.24, 2.45) is 0 Å². The molecule has 15 heavy (non-hydrogen) atoms. The number of ketones is 1. The number of carbonyl (C=O) groups is 1. The van der Waals surface area contributed by atoms with Crippen molar-refractivity contribution in [2.75, 3.05) is 12.8 Å². The first kappa shape index (κ1) is 11.7. The van der Waals surface area contributed by atoms with Crippen molar-refractivity contribution in [3.8, 4) is 0 Å². The maximum Gasteiger partial charge on any atom is 0.156 e. The van der Waals surface area contributed by atoms with Crippen molar-refractivity contribution in [3.05, 3.63) is 23.9 Å². The van der Waals surface area contributed by atoms with E-state index >= 15 is 0 Å². The summed E-state index contributed by atoms with van der Waals surface area (Å²) in [5, 5.41) is 2.97. The van der Waals surface area contributed by atoms with E-state index in [2.05, 4.69) is 10.3 Å². The summed E-state index contributed by atoms with van der Waals surface area (Å²) in [6.45, 7) is 3.70. The predicted molar refractivity (Wildman–Crippen MR) is 60.5 cm³/mol.